The topological polar surface area (TPSA) is 87.4 Å². The number of alkyl halides is 3. The highest BCUT2D eigenvalue weighted by Crippen LogP contribution is 2.40. The van der Waals surface area contributed by atoms with E-state index in [2.05, 4.69) is 10.3 Å². The lowest BCUT2D eigenvalue weighted by Crippen LogP contribution is -2.49. The van der Waals surface area contributed by atoms with Crippen LogP contribution in [0.1, 0.15) is 26.1 Å². The lowest BCUT2D eigenvalue weighted by molar-refractivity contribution is -0.271. The quantitative estimate of drug-likeness (QED) is 0.719. The molecule has 0 saturated carbocycles. The summed E-state index contributed by atoms with van der Waals surface area (Å²) >= 11 is 0. The predicted octanol–water partition coefficient (Wildman–Crippen LogP) is 0.693. The van der Waals surface area contributed by atoms with Crippen LogP contribution in [0.4, 0.5) is 13.2 Å². The maximum atomic E-state index is 13.2. The minimum absolute atomic E-state index is 0.218. The molecule has 126 valence electrons. The second kappa shape index (κ2) is 6.66. The van der Waals surface area contributed by atoms with Crippen molar-refractivity contribution in [3.63, 3.8) is 0 Å². The summed E-state index contributed by atoms with van der Waals surface area (Å²) in [5.41, 5.74) is -3.38. The largest absolute Gasteiger partial charge is 0.425 e. The monoisotopic (exact) mass is 323 g/mol. The summed E-state index contributed by atoms with van der Waals surface area (Å²) in [7, 11) is 1.30. The van der Waals surface area contributed by atoms with Gasteiger partial charge < -0.3 is 20.1 Å². The first kappa shape index (κ1) is 18.4. The van der Waals surface area contributed by atoms with Gasteiger partial charge in [-0.05, 0) is 12.8 Å². The molecule has 0 spiro atoms. The van der Waals surface area contributed by atoms with Gasteiger partial charge in [0.15, 0.2) is 5.82 Å². The molecule has 3 N–H and O–H groups in total. The van der Waals surface area contributed by atoms with Crippen molar-refractivity contribution >= 4 is 5.91 Å². The van der Waals surface area contributed by atoms with E-state index >= 15 is 0 Å². The Labute approximate surface area is 126 Å². The van der Waals surface area contributed by atoms with E-state index in [0.29, 0.717) is 0 Å². The Balaban J connectivity index is 2.97. The van der Waals surface area contributed by atoms with Crippen LogP contribution in [0.15, 0.2) is 12.4 Å². The van der Waals surface area contributed by atoms with E-state index in [0.717, 1.165) is 10.8 Å². The molecule has 1 aromatic heterocycles. The molecule has 1 rings (SSSR count). The first-order chi connectivity index (χ1) is 10.0. The molecule has 1 aromatic rings. The van der Waals surface area contributed by atoms with E-state index in [1.165, 1.54) is 13.2 Å². The fourth-order valence-electron chi connectivity index (χ4n) is 1.91. The van der Waals surface area contributed by atoms with E-state index in [9.17, 15) is 23.1 Å². The van der Waals surface area contributed by atoms with E-state index in [1.54, 1.807) is 13.8 Å². The molecular weight excluding hydrogens is 303 g/mol. The highest BCUT2D eigenvalue weighted by atomic mass is 19.4. The molecule has 3 atom stereocenters. The molecule has 1 amide bonds. The molecule has 0 aliphatic rings. The molecular formula is C13H20F3N3O3. The standard InChI is InChI=1S/C13H20F3N3O3/c1-8(7-20)9(2)18-10(21)6-12(22,13(14,15)16)11-17-4-5-19(11)3/h4-5,8-9,20,22H,6-7H2,1-3H3,(H,18,21). The van der Waals surface area contributed by atoms with Gasteiger partial charge in [0.1, 0.15) is 0 Å². The van der Waals surface area contributed by atoms with E-state index in [-0.39, 0.29) is 12.5 Å². The molecule has 6 nitrogen and oxygen atoms in total. The van der Waals surface area contributed by atoms with Crippen molar-refractivity contribution in [2.24, 2.45) is 13.0 Å². The van der Waals surface area contributed by atoms with Crippen molar-refractivity contribution in [1.82, 2.24) is 14.9 Å². The summed E-state index contributed by atoms with van der Waals surface area (Å²) in [5, 5.41) is 21.4. The predicted molar refractivity (Wildman–Crippen MR) is 71.6 cm³/mol. The Hall–Kier alpha value is -1.61. The van der Waals surface area contributed by atoms with Gasteiger partial charge in [-0.2, -0.15) is 13.2 Å². The molecule has 1 heterocycles. The number of rotatable bonds is 6. The van der Waals surface area contributed by atoms with Gasteiger partial charge in [0.25, 0.3) is 0 Å². The lowest BCUT2D eigenvalue weighted by atomic mass is 9.96. The van der Waals surface area contributed by atoms with Crippen LogP contribution in [0.2, 0.25) is 0 Å². The Bertz CT molecular complexity index is 518. The fraction of sp³-hybridized carbons (Fsp3) is 0.692. The molecule has 0 radical (unpaired) electrons. The Morgan fingerprint density at radius 3 is 2.45 bits per heavy atom. The van der Waals surface area contributed by atoms with Crippen LogP contribution in [0, 0.1) is 5.92 Å². The van der Waals surface area contributed by atoms with Crippen LogP contribution in [0.25, 0.3) is 0 Å². The van der Waals surface area contributed by atoms with Gasteiger partial charge in [-0.25, -0.2) is 4.98 Å². The van der Waals surface area contributed by atoms with E-state index in [1.807, 2.05) is 0 Å². The first-order valence-electron chi connectivity index (χ1n) is 6.70. The number of aliphatic hydroxyl groups is 2. The number of imidazole rings is 1. The molecule has 22 heavy (non-hydrogen) atoms. The van der Waals surface area contributed by atoms with Gasteiger partial charge >= 0.3 is 6.18 Å². The SMILES string of the molecule is CC(CO)C(C)NC(=O)CC(O)(c1nccn1C)C(F)(F)F. The number of hydrogen-bond donors (Lipinski definition) is 3. The van der Waals surface area contributed by atoms with Gasteiger partial charge in [0, 0.05) is 32.1 Å². The number of carbonyl (C=O) groups is 1. The first-order valence-corrected chi connectivity index (χ1v) is 6.70. The number of aryl methyl sites for hydroxylation is 1. The zero-order chi connectivity index (χ0) is 17.1. The third-order valence-corrected chi connectivity index (χ3v) is 3.61. The lowest BCUT2D eigenvalue weighted by Gasteiger charge is -2.30. The number of nitrogens with zero attached hydrogens (tertiary/aromatic N) is 2. The zero-order valence-corrected chi connectivity index (χ0v) is 12.6. The zero-order valence-electron chi connectivity index (χ0n) is 12.6. The van der Waals surface area contributed by atoms with Crippen LogP contribution in [-0.4, -0.2) is 44.5 Å². The van der Waals surface area contributed by atoms with Gasteiger partial charge in [-0.1, -0.05) is 6.92 Å². The van der Waals surface area contributed by atoms with Crippen molar-refractivity contribution in [2.45, 2.75) is 38.1 Å². The van der Waals surface area contributed by atoms with Crippen LogP contribution >= 0.6 is 0 Å². The second-order valence-electron chi connectivity index (χ2n) is 5.41. The average Bonchev–Trinajstić information content (AvgIpc) is 2.82. The number of halogens is 3. The third kappa shape index (κ3) is 3.77. The molecule has 9 heteroatoms. The minimum Gasteiger partial charge on any atom is -0.396 e. The van der Waals surface area contributed by atoms with Gasteiger partial charge in [0.05, 0.1) is 6.42 Å². The van der Waals surface area contributed by atoms with Crippen molar-refractivity contribution in [1.29, 1.82) is 0 Å². The fourth-order valence-corrected chi connectivity index (χ4v) is 1.91. The molecule has 0 aliphatic carbocycles. The highest BCUT2D eigenvalue weighted by Gasteiger charge is 2.58. The normalized spacial score (nSPS) is 17.6. The van der Waals surface area contributed by atoms with E-state index < -0.39 is 36.0 Å². The molecule has 0 bridgehead atoms. The van der Waals surface area contributed by atoms with Crippen molar-refractivity contribution in [3.05, 3.63) is 18.2 Å². The van der Waals surface area contributed by atoms with Gasteiger partial charge in [0.2, 0.25) is 11.5 Å². The number of hydrogen-bond acceptors (Lipinski definition) is 4. The van der Waals surface area contributed by atoms with Crippen LogP contribution in [-0.2, 0) is 17.4 Å². The number of aliphatic hydroxyl groups excluding tert-OH is 1. The average molecular weight is 323 g/mol. The summed E-state index contributed by atoms with van der Waals surface area (Å²) in [4.78, 5) is 15.4. The van der Waals surface area contributed by atoms with Crippen molar-refractivity contribution in [3.8, 4) is 0 Å². The molecule has 0 saturated heterocycles. The van der Waals surface area contributed by atoms with Gasteiger partial charge in [-0.15, -0.1) is 0 Å². The Morgan fingerprint density at radius 2 is 2.05 bits per heavy atom. The van der Waals surface area contributed by atoms with Crippen LogP contribution < -0.4 is 5.32 Å². The van der Waals surface area contributed by atoms with Crippen LogP contribution in [0.5, 0.6) is 0 Å². The maximum absolute atomic E-state index is 13.2. The smallest absolute Gasteiger partial charge is 0.396 e. The number of aromatic nitrogens is 2. The van der Waals surface area contributed by atoms with Crippen LogP contribution in [0.3, 0.4) is 0 Å². The summed E-state index contributed by atoms with van der Waals surface area (Å²) in [6, 6.07) is -0.531. The summed E-state index contributed by atoms with van der Waals surface area (Å²) in [5.74, 6) is -1.95. The molecule has 0 aromatic carbocycles. The maximum Gasteiger partial charge on any atom is 0.425 e. The van der Waals surface area contributed by atoms with Crippen molar-refractivity contribution < 1.29 is 28.2 Å². The summed E-state index contributed by atoms with van der Waals surface area (Å²) in [6.07, 6.45) is -3.90. The van der Waals surface area contributed by atoms with Crippen molar-refractivity contribution in [2.75, 3.05) is 6.61 Å². The molecule has 0 aliphatic heterocycles. The van der Waals surface area contributed by atoms with E-state index in [4.69, 9.17) is 5.11 Å². The molecule has 3 unspecified atom stereocenters. The highest BCUT2D eigenvalue weighted by molar-refractivity contribution is 5.77. The number of carbonyl (C=O) groups excluding carboxylic acids is 1. The second-order valence-corrected chi connectivity index (χ2v) is 5.41. The Morgan fingerprint density at radius 1 is 1.45 bits per heavy atom. The number of amides is 1. The minimum atomic E-state index is -5.06. The summed E-state index contributed by atoms with van der Waals surface area (Å²) < 4.78 is 40.8. The van der Waals surface area contributed by atoms with Gasteiger partial charge in [-0.3, -0.25) is 4.79 Å². The molecule has 0 fully saturated rings. The number of nitrogens with one attached hydrogen (secondary N) is 1. The Kier molecular flexibility index (Phi) is 5.58. The third-order valence-electron chi connectivity index (χ3n) is 3.61. The summed E-state index contributed by atoms with van der Waals surface area (Å²) in [6.45, 7) is 2.98.